The zero-order valence-corrected chi connectivity index (χ0v) is 12.0. The third kappa shape index (κ3) is 2.79. The van der Waals surface area contributed by atoms with Crippen molar-refractivity contribution in [2.45, 2.75) is 24.9 Å². The van der Waals surface area contributed by atoms with Gasteiger partial charge in [0, 0.05) is 24.7 Å². The van der Waals surface area contributed by atoms with Crippen LogP contribution in [0.25, 0.3) is 0 Å². The Morgan fingerprint density at radius 1 is 1.35 bits per heavy atom. The summed E-state index contributed by atoms with van der Waals surface area (Å²) in [6, 6.07) is 6.04. The molecular formula is C15H17ClN2O2. The SMILES string of the molecule is O=C=NC1(c2ccc(CN3CCOCC3)c(Cl)c2)CC1. The molecule has 0 radical (unpaired) electrons. The van der Waals surface area contributed by atoms with E-state index in [0.717, 1.165) is 61.8 Å². The van der Waals surface area contributed by atoms with Gasteiger partial charge in [0.1, 0.15) is 0 Å². The molecule has 4 nitrogen and oxygen atoms in total. The Morgan fingerprint density at radius 3 is 2.70 bits per heavy atom. The van der Waals surface area contributed by atoms with Gasteiger partial charge in [0.15, 0.2) is 0 Å². The van der Waals surface area contributed by atoms with Crippen molar-refractivity contribution in [3.8, 4) is 0 Å². The van der Waals surface area contributed by atoms with Crippen LogP contribution in [0, 0.1) is 0 Å². The molecule has 0 N–H and O–H groups in total. The lowest BCUT2D eigenvalue weighted by Gasteiger charge is -2.27. The Hall–Kier alpha value is -1.19. The Morgan fingerprint density at radius 2 is 2.10 bits per heavy atom. The van der Waals surface area contributed by atoms with Crippen molar-refractivity contribution in [3.63, 3.8) is 0 Å². The highest BCUT2D eigenvalue weighted by Crippen LogP contribution is 2.49. The van der Waals surface area contributed by atoms with Crippen molar-refractivity contribution in [2.75, 3.05) is 26.3 Å². The number of nitrogens with zero attached hydrogens (tertiary/aromatic N) is 2. The lowest BCUT2D eigenvalue weighted by molar-refractivity contribution is 0.0342. The molecule has 1 saturated heterocycles. The second kappa shape index (κ2) is 5.66. The summed E-state index contributed by atoms with van der Waals surface area (Å²) >= 11 is 6.38. The molecule has 0 unspecified atom stereocenters. The van der Waals surface area contributed by atoms with Crippen molar-refractivity contribution < 1.29 is 9.53 Å². The molecule has 106 valence electrons. The highest BCUT2D eigenvalue weighted by molar-refractivity contribution is 6.31. The lowest BCUT2D eigenvalue weighted by Crippen LogP contribution is -2.35. The van der Waals surface area contributed by atoms with Gasteiger partial charge >= 0.3 is 0 Å². The van der Waals surface area contributed by atoms with E-state index in [1.54, 1.807) is 6.08 Å². The molecule has 1 saturated carbocycles. The molecule has 20 heavy (non-hydrogen) atoms. The van der Waals surface area contributed by atoms with Crippen LogP contribution in [-0.2, 0) is 21.6 Å². The van der Waals surface area contributed by atoms with Crippen LogP contribution in [0.1, 0.15) is 24.0 Å². The minimum absolute atomic E-state index is 0.344. The molecule has 0 bridgehead atoms. The van der Waals surface area contributed by atoms with E-state index in [1.165, 1.54) is 0 Å². The summed E-state index contributed by atoms with van der Waals surface area (Å²) < 4.78 is 5.34. The average Bonchev–Trinajstić information content (AvgIpc) is 3.24. The molecule has 0 atom stereocenters. The zero-order chi connectivity index (χ0) is 14.0. The van der Waals surface area contributed by atoms with Gasteiger partial charge in [-0.1, -0.05) is 23.7 Å². The molecule has 0 amide bonds. The van der Waals surface area contributed by atoms with E-state index in [1.807, 2.05) is 18.2 Å². The monoisotopic (exact) mass is 292 g/mol. The van der Waals surface area contributed by atoms with E-state index in [9.17, 15) is 4.79 Å². The molecule has 2 aliphatic rings. The van der Waals surface area contributed by atoms with Gasteiger partial charge in [-0.2, -0.15) is 4.99 Å². The van der Waals surface area contributed by atoms with Crippen LogP contribution in [0.3, 0.4) is 0 Å². The number of isocyanates is 1. The van der Waals surface area contributed by atoms with Crippen LogP contribution < -0.4 is 0 Å². The minimum atomic E-state index is -0.344. The maximum Gasteiger partial charge on any atom is 0.235 e. The zero-order valence-electron chi connectivity index (χ0n) is 11.3. The summed E-state index contributed by atoms with van der Waals surface area (Å²) in [7, 11) is 0. The van der Waals surface area contributed by atoms with Gasteiger partial charge in [0.2, 0.25) is 6.08 Å². The average molecular weight is 293 g/mol. The molecule has 0 spiro atoms. The summed E-state index contributed by atoms with van der Waals surface area (Å²) in [5.41, 5.74) is 1.79. The topological polar surface area (TPSA) is 41.9 Å². The number of aliphatic imine (C=N–C) groups is 1. The van der Waals surface area contributed by atoms with Gasteiger partial charge in [0.05, 0.1) is 18.8 Å². The van der Waals surface area contributed by atoms with Gasteiger partial charge in [-0.3, -0.25) is 4.90 Å². The quantitative estimate of drug-likeness (QED) is 0.632. The lowest BCUT2D eigenvalue weighted by atomic mass is 10.0. The van der Waals surface area contributed by atoms with Crippen LogP contribution in [0.5, 0.6) is 0 Å². The first-order valence-electron chi connectivity index (χ1n) is 6.92. The van der Waals surface area contributed by atoms with Crippen LogP contribution >= 0.6 is 11.6 Å². The Kier molecular flexibility index (Phi) is 3.90. The number of morpholine rings is 1. The molecule has 1 aliphatic carbocycles. The second-order valence-electron chi connectivity index (χ2n) is 5.43. The Bertz CT molecular complexity index is 545. The van der Waals surface area contributed by atoms with Gasteiger partial charge < -0.3 is 4.74 Å². The smallest absolute Gasteiger partial charge is 0.235 e. The summed E-state index contributed by atoms with van der Waals surface area (Å²) in [5, 5.41) is 0.751. The van der Waals surface area contributed by atoms with Crippen molar-refractivity contribution >= 4 is 17.7 Å². The second-order valence-corrected chi connectivity index (χ2v) is 5.84. The van der Waals surface area contributed by atoms with Crippen molar-refractivity contribution in [1.29, 1.82) is 0 Å². The van der Waals surface area contributed by atoms with E-state index in [4.69, 9.17) is 16.3 Å². The molecule has 1 aromatic carbocycles. The fourth-order valence-corrected chi connectivity index (χ4v) is 2.88. The fraction of sp³-hybridized carbons (Fsp3) is 0.533. The maximum absolute atomic E-state index is 10.5. The van der Waals surface area contributed by atoms with Crippen LogP contribution in [0.15, 0.2) is 23.2 Å². The van der Waals surface area contributed by atoms with Crippen LogP contribution in [-0.4, -0.2) is 37.3 Å². The summed E-state index contributed by atoms with van der Waals surface area (Å²) in [4.78, 5) is 16.8. The highest BCUT2D eigenvalue weighted by atomic mass is 35.5. The van der Waals surface area contributed by atoms with E-state index in [2.05, 4.69) is 9.89 Å². The molecule has 1 aliphatic heterocycles. The molecule has 0 aromatic heterocycles. The normalized spacial score (nSPS) is 21.2. The predicted molar refractivity (Wildman–Crippen MR) is 76.6 cm³/mol. The molecule has 1 aromatic rings. The number of benzene rings is 1. The first-order valence-corrected chi connectivity index (χ1v) is 7.29. The van der Waals surface area contributed by atoms with Gasteiger partial charge in [-0.25, -0.2) is 4.79 Å². The van der Waals surface area contributed by atoms with Gasteiger partial charge in [-0.15, -0.1) is 0 Å². The Labute approximate surface area is 123 Å². The van der Waals surface area contributed by atoms with Crippen molar-refractivity contribution in [2.24, 2.45) is 4.99 Å². The first-order chi connectivity index (χ1) is 9.73. The molecule has 5 heteroatoms. The van der Waals surface area contributed by atoms with E-state index in [-0.39, 0.29) is 5.54 Å². The van der Waals surface area contributed by atoms with E-state index < -0.39 is 0 Å². The van der Waals surface area contributed by atoms with Crippen molar-refractivity contribution in [3.05, 3.63) is 34.3 Å². The number of rotatable bonds is 4. The molecular weight excluding hydrogens is 276 g/mol. The van der Waals surface area contributed by atoms with E-state index >= 15 is 0 Å². The third-order valence-corrected chi connectivity index (χ3v) is 4.42. The first kappa shape index (κ1) is 13.8. The largest absolute Gasteiger partial charge is 0.379 e. The molecule has 3 rings (SSSR count). The predicted octanol–water partition coefficient (Wildman–Crippen LogP) is 2.50. The standard InChI is InChI=1S/C15H17ClN2O2/c16-14-9-13(15(3-4-15)17-11-19)2-1-12(14)10-18-5-7-20-8-6-18/h1-2,9H,3-8,10H2. The number of halogens is 1. The maximum atomic E-state index is 10.5. The summed E-state index contributed by atoms with van der Waals surface area (Å²) in [6.07, 6.45) is 3.49. The number of hydrogen-bond donors (Lipinski definition) is 0. The highest BCUT2D eigenvalue weighted by Gasteiger charge is 2.45. The molecule has 2 fully saturated rings. The molecule has 1 heterocycles. The van der Waals surface area contributed by atoms with Gasteiger partial charge in [-0.05, 0) is 30.0 Å². The number of hydrogen-bond acceptors (Lipinski definition) is 4. The van der Waals surface area contributed by atoms with E-state index in [0.29, 0.717) is 0 Å². The van der Waals surface area contributed by atoms with Crippen LogP contribution in [0.2, 0.25) is 5.02 Å². The summed E-state index contributed by atoms with van der Waals surface area (Å²) in [6.45, 7) is 4.29. The minimum Gasteiger partial charge on any atom is -0.379 e. The number of carbonyl (C=O) groups excluding carboxylic acids is 1. The van der Waals surface area contributed by atoms with Gasteiger partial charge in [0.25, 0.3) is 0 Å². The fourth-order valence-electron chi connectivity index (χ4n) is 2.64. The number of ether oxygens (including phenoxy) is 1. The third-order valence-electron chi connectivity index (χ3n) is 4.07. The Balaban J connectivity index is 1.76. The van der Waals surface area contributed by atoms with Crippen molar-refractivity contribution in [1.82, 2.24) is 4.90 Å². The van der Waals surface area contributed by atoms with Crippen LogP contribution in [0.4, 0.5) is 0 Å². The summed E-state index contributed by atoms with van der Waals surface area (Å²) in [5.74, 6) is 0.